The Kier molecular flexibility index (Phi) is 7.98. The van der Waals surface area contributed by atoms with Crippen LogP contribution >= 0.6 is 11.8 Å². The van der Waals surface area contributed by atoms with Crippen LogP contribution in [0, 0.1) is 20.8 Å². The Morgan fingerprint density at radius 2 is 1.76 bits per heavy atom. The molecule has 3 aromatic rings. The van der Waals surface area contributed by atoms with Gasteiger partial charge in [-0.3, -0.25) is 19.3 Å². The van der Waals surface area contributed by atoms with Gasteiger partial charge < -0.3 is 14.8 Å². The summed E-state index contributed by atoms with van der Waals surface area (Å²) in [5, 5.41) is 2.55. The molecule has 1 aliphatic rings. The highest BCUT2D eigenvalue weighted by Crippen LogP contribution is 2.35. The molecule has 7 nitrogen and oxygen atoms in total. The highest BCUT2D eigenvalue weighted by molar-refractivity contribution is 8.18. The lowest BCUT2D eigenvalue weighted by atomic mass is 10.1. The Morgan fingerprint density at radius 3 is 2.51 bits per heavy atom. The first-order chi connectivity index (χ1) is 17.7. The van der Waals surface area contributed by atoms with Crippen LogP contribution in [0.1, 0.15) is 27.8 Å². The predicted octanol–water partition coefficient (Wildman–Crippen LogP) is 5.87. The van der Waals surface area contributed by atoms with E-state index in [-0.39, 0.29) is 30.2 Å². The number of amides is 3. The average molecular weight is 517 g/mol. The van der Waals surface area contributed by atoms with Crippen LogP contribution < -0.4 is 14.8 Å². The van der Waals surface area contributed by atoms with Gasteiger partial charge in [0.1, 0.15) is 0 Å². The summed E-state index contributed by atoms with van der Waals surface area (Å²) < 4.78 is 11.1. The third-order valence-electron chi connectivity index (χ3n) is 5.81. The lowest BCUT2D eigenvalue weighted by Crippen LogP contribution is -2.27. The van der Waals surface area contributed by atoms with Gasteiger partial charge in [0.25, 0.3) is 17.1 Å². The molecule has 190 valence electrons. The molecule has 1 aliphatic heterocycles. The van der Waals surface area contributed by atoms with Crippen molar-refractivity contribution in [2.24, 2.45) is 0 Å². The molecule has 3 aromatic carbocycles. The van der Waals surface area contributed by atoms with Crippen LogP contribution in [0.2, 0.25) is 0 Å². The van der Waals surface area contributed by atoms with Crippen molar-refractivity contribution in [3.63, 3.8) is 0 Å². The van der Waals surface area contributed by atoms with Crippen molar-refractivity contribution in [3.05, 3.63) is 93.4 Å². The summed E-state index contributed by atoms with van der Waals surface area (Å²) >= 11 is 0.908. The van der Waals surface area contributed by atoms with E-state index in [4.69, 9.17) is 9.47 Å². The molecule has 0 aromatic heterocycles. The Hall–Kier alpha value is -4.04. The Morgan fingerprint density at radius 1 is 0.973 bits per heavy atom. The standard InChI is InChI=1S/C29H28N2O5S/c1-18-6-5-7-22(12-18)16-31-28(33)26(37-29(31)34)15-21-10-11-24(25(14-21)35-4)36-17-27(32)30-23-13-19(2)8-9-20(23)3/h5-15H,16-17H2,1-4H3,(H,30,32)/b26-15-. The number of aryl methyl sites for hydroxylation is 3. The normalized spacial score (nSPS) is 14.3. The zero-order valence-electron chi connectivity index (χ0n) is 21.2. The molecule has 0 bridgehead atoms. The van der Waals surface area contributed by atoms with Crippen molar-refractivity contribution in [2.75, 3.05) is 19.0 Å². The van der Waals surface area contributed by atoms with Gasteiger partial charge in [0.2, 0.25) is 0 Å². The summed E-state index contributed by atoms with van der Waals surface area (Å²) in [5.74, 6) is 0.177. The van der Waals surface area contributed by atoms with Gasteiger partial charge in [-0.1, -0.05) is 48.0 Å². The number of carbonyl (C=O) groups is 3. The second kappa shape index (κ2) is 11.3. The monoisotopic (exact) mass is 516 g/mol. The number of thioether (sulfide) groups is 1. The second-order valence-corrected chi connectivity index (χ2v) is 9.82. The van der Waals surface area contributed by atoms with Gasteiger partial charge >= 0.3 is 0 Å². The van der Waals surface area contributed by atoms with Gasteiger partial charge in [0.15, 0.2) is 18.1 Å². The summed E-state index contributed by atoms with van der Waals surface area (Å²) in [6.07, 6.45) is 1.65. The molecule has 1 N–H and O–H groups in total. The van der Waals surface area contributed by atoms with Gasteiger partial charge in [-0.2, -0.15) is 0 Å². The second-order valence-electron chi connectivity index (χ2n) is 8.82. The maximum absolute atomic E-state index is 12.9. The Labute approximate surface area is 220 Å². The average Bonchev–Trinajstić information content (AvgIpc) is 3.12. The number of imide groups is 1. The maximum atomic E-state index is 12.9. The van der Waals surface area contributed by atoms with Crippen molar-refractivity contribution in [2.45, 2.75) is 27.3 Å². The summed E-state index contributed by atoms with van der Waals surface area (Å²) in [5.41, 5.74) is 5.39. The van der Waals surface area contributed by atoms with Crippen LogP contribution in [0.5, 0.6) is 11.5 Å². The first-order valence-electron chi connectivity index (χ1n) is 11.7. The summed E-state index contributed by atoms with van der Waals surface area (Å²) in [6.45, 7) is 5.89. The van der Waals surface area contributed by atoms with E-state index < -0.39 is 0 Å². The minimum absolute atomic E-state index is 0.194. The number of benzene rings is 3. The largest absolute Gasteiger partial charge is 0.493 e. The number of methoxy groups -OCH3 is 1. The predicted molar refractivity (Wildman–Crippen MR) is 146 cm³/mol. The SMILES string of the molecule is COc1cc(/C=C2\SC(=O)N(Cc3cccc(C)c3)C2=O)ccc1OCC(=O)Nc1cc(C)ccc1C. The summed E-state index contributed by atoms with van der Waals surface area (Å²) in [6, 6.07) is 18.7. The van der Waals surface area contributed by atoms with E-state index in [1.54, 1.807) is 24.3 Å². The molecule has 0 aliphatic carbocycles. The van der Waals surface area contributed by atoms with Crippen molar-refractivity contribution in [1.29, 1.82) is 0 Å². The van der Waals surface area contributed by atoms with E-state index in [2.05, 4.69) is 5.32 Å². The molecule has 0 unspecified atom stereocenters. The molecular formula is C29H28N2O5S. The van der Waals surface area contributed by atoms with Gasteiger partial charge in [-0.15, -0.1) is 0 Å². The first kappa shape index (κ1) is 26.0. The highest BCUT2D eigenvalue weighted by atomic mass is 32.2. The van der Waals surface area contributed by atoms with E-state index in [0.717, 1.165) is 39.7 Å². The fourth-order valence-electron chi connectivity index (χ4n) is 3.87. The van der Waals surface area contributed by atoms with Crippen molar-refractivity contribution >= 4 is 40.6 Å². The molecule has 0 spiro atoms. The molecule has 1 heterocycles. The molecule has 37 heavy (non-hydrogen) atoms. The molecule has 3 amide bonds. The van der Waals surface area contributed by atoms with Gasteiger partial charge in [0, 0.05) is 5.69 Å². The molecule has 1 saturated heterocycles. The minimum atomic E-state index is -0.334. The van der Waals surface area contributed by atoms with Crippen LogP contribution in [0.3, 0.4) is 0 Å². The Bertz CT molecular complexity index is 1400. The van der Waals surface area contributed by atoms with E-state index >= 15 is 0 Å². The minimum Gasteiger partial charge on any atom is -0.493 e. The fraction of sp³-hybridized carbons (Fsp3) is 0.207. The molecule has 0 saturated carbocycles. The molecule has 4 rings (SSSR count). The molecular weight excluding hydrogens is 488 g/mol. The van der Waals surface area contributed by atoms with Crippen molar-refractivity contribution in [1.82, 2.24) is 4.90 Å². The lowest BCUT2D eigenvalue weighted by molar-refractivity contribution is -0.123. The lowest BCUT2D eigenvalue weighted by Gasteiger charge is -2.13. The third kappa shape index (κ3) is 6.40. The van der Waals surface area contributed by atoms with Gasteiger partial charge in [-0.05, 0) is 79.1 Å². The quantitative estimate of drug-likeness (QED) is 0.377. The van der Waals surface area contributed by atoms with Gasteiger partial charge in [0.05, 0.1) is 18.6 Å². The van der Waals surface area contributed by atoms with E-state index in [1.165, 1.54) is 12.0 Å². The van der Waals surface area contributed by atoms with Crippen LogP contribution in [-0.4, -0.2) is 35.7 Å². The molecule has 1 fully saturated rings. The highest BCUT2D eigenvalue weighted by Gasteiger charge is 2.35. The summed E-state index contributed by atoms with van der Waals surface area (Å²) in [4.78, 5) is 39.4. The van der Waals surface area contributed by atoms with Crippen LogP contribution in [-0.2, 0) is 16.1 Å². The molecule has 0 radical (unpaired) electrons. The number of rotatable bonds is 8. The number of nitrogens with zero attached hydrogens (tertiary/aromatic N) is 1. The smallest absolute Gasteiger partial charge is 0.293 e. The number of carbonyl (C=O) groups excluding carboxylic acids is 3. The van der Waals surface area contributed by atoms with E-state index in [9.17, 15) is 14.4 Å². The number of hydrogen-bond acceptors (Lipinski definition) is 6. The number of ether oxygens (including phenoxy) is 2. The van der Waals surface area contributed by atoms with Crippen LogP contribution in [0.15, 0.2) is 65.6 Å². The number of nitrogens with one attached hydrogen (secondary N) is 1. The van der Waals surface area contributed by atoms with E-state index in [1.807, 2.05) is 63.2 Å². The molecule has 8 heteroatoms. The fourth-order valence-corrected chi connectivity index (χ4v) is 4.71. The Balaban J connectivity index is 1.42. The molecule has 0 atom stereocenters. The van der Waals surface area contributed by atoms with Crippen LogP contribution in [0.4, 0.5) is 10.5 Å². The maximum Gasteiger partial charge on any atom is 0.293 e. The van der Waals surface area contributed by atoms with Gasteiger partial charge in [-0.25, -0.2) is 0 Å². The first-order valence-corrected chi connectivity index (χ1v) is 12.5. The van der Waals surface area contributed by atoms with E-state index in [0.29, 0.717) is 22.0 Å². The van der Waals surface area contributed by atoms with Crippen LogP contribution in [0.25, 0.3) is 6.08 Å². The van der Waals surface area contributed by atoms with Crippen molar-refractivity contribution < 1.29 is 23.9 Å². The zero-order valence-corrected chi connectivity index (χ0v) is 22.0. The summed E-state index contributed by atoms with van der Waals surface area (Å²) in [7, 11) is 1.50. The van der Waals surface area contributed by atoms with Crippen molar-refractivity contribution in [3.8, 4) is 11.5 Å². The topological polar surface area (TPSA) is 84.9 Å². The third-order valence-corrected chi connectivity index (χ3v) is 6.72. The number of hydrogen-bond donors (Lipinski definition) is 1. The zero-order chi connectivity index (χ0) is 26.5. The number of anilines is 1.